The maximum Gasteiger partial charge on any atom is 0.315 e. The molecule has 1 aliphatic rings. The molecule has 0 saturated carbocycles. The van der Waals surface area contributed by atoms with Crippen LogP contribution < -0.4 is 15.4 Å². The van der Waals surface area contributed by atoms with Crippen molar-refractivity contribution in [2.45, 2.75) is 26.3 Å². The molecule has 0 bridgehead atoms. The largest absolute Gasteiger partial charge is 0.491 e. The Balaban J connectivity index is 1.51. The lowest BCUT2D eigenvalue weighted by Gasteiger charge is -2.13. The van der Waals surface area contributed by atoms with Crippen LogP contribution in [0.1, 0.15) is 28.3 Å². The highest BCUT2D eigenvalue weighted by atomic mass is 16.5. The molecule has 1 aromatic carbocycles. The molecule has 2 heterocycles. The summed E-state index contributed by atoms with van der Waals surface area (Å²) in [5.74, 6) is 0.855. The number of fused-ring (bicyclic) bond motifs is 1. The first-order valence-corrected chi connectivity index (χ1v) is 7.80. The van der Waals surface area contributed by atoms with Crippen molar-refractivity contribution in [2.75, 3.05) is 13.2 Å². The van der Waals surface area contributed by atoms with Crippen LogP contribution in [-0.4, -0.2) is 24.2 Å². The molecule has 2 aromatic rings. The van der Waals surface area contributed by atoms with E-state index < -0.39 is 0 Å². The van der Waals surface area contributed by atoms with E-state index in [1.807, 2.05) is 38.2 Å². The Kier molecular flexibility index (Phi) is 4.46. The van der Waals surface area contributed by atoms with Crippen LogP contribution in [0.5, 0.6) is 5.75 Å². The number of ether oxygens (including phenoxy) is 1. The molecule has 1 aromatic heterocycles. The van der Waals surface area contributed by atoms with Crippen molar-refractivity contribution >= 4 is 6.03 Å². The number of nitrogens with one attached hydrogen (secondary N) is 2. The fraction of sp³-hybridized carbons (Fsp3) is 0.333. The molecule has 3 rings (SSSR count). The van der Waals surface area contributed by atoms with Crippen molar-refractivity contribution in [2.24, 2.45) is 0 Å². The Morgan fingerprint density at radius 3 is 3.04 bits per heavy atom. The summed E-state index contributed by atoms with van der Waals surface area (Å²) in [4.78, 5) is 16.2. The van der Waals surface area contributed by atoms with Crippen LogP contribution in [0.15, 0.2) is 36.7 Å². The van der Waals surface area contributed by atoms with Crippen molar-refractivity contribution in [3.05, 3.63) is 58.9 Å². The van der Waals surface area contributed by atoms with Gasteiger partial charge in [-0.15, -0.1) is 0 Å². The minimum absolute atomic E-state index is 0.0902. The van der Waals surface area contributed by atoms with Crippen LogP contribution in [0.25, 0.3) is 0 Å². The molecule has 5 nitrogen and oxygen atoms in total. The third-order valence-corrected chi connectivity index (χ3v) is 4.07. The van der Waals surface area contributed by atoms with E-state index in [1.54, 1.807) is 6.20 Å². The third-order valence-electron chi connectivity index (χ3n) is 4.07. The predicted octanol–water partition coefficient (Wildman–Crippen LogP) is 2.67. The van der Waals surface area contributed by atoms with E-state index >= 15 is 0 Å². The van der Waals surface area contributed by atoms with E-state index in [1.165, 1.54) is 5.56 Å². The van der Waals surface area contributed by atoms with Crippen LogP contribution in [0, 0.1) is 13.8 Å². The van der Waals surface area contributed by atoms with Gasteiger partial charge in [0.2, 0.25) is 0 Å². The van der Waals surface area contributed by atoms with Gasteiger partial charge in [0.15, 0.2) is 0 Å². The lowest BCUT2D eigenvalue weighted by atomic mass is 10.1. The van der Waals surface area contributed by atoms with E-state index in [0.717, 1.165) is 28.9 Å². The van der Waals surface area contributed by atoms with Gasteiger partial charge in [-0.3, -0.25) is 4.98 Å². The van der Waals surface area contributed by atoms with Crippen LogP contribution >= 0.6 is 0 Å². The number of aromatic nitrogens is 1. The second-order valence-electron chi connectivity index (χ2n) is 5.86. The van der Waals surface area contributed by atoms with Gasteiger partial charge in [0.05, 0.1) is 6.04 Å². The van der Waals surface area contributed by atoms with E-state index in [9.17, 15) is 4.79 Å². The van der Waals surface area contributed by atoms with Gasteiger partial charge in [0.1, 0.15) is 12.4 Å². The first kappa shape index (κ1) is 15.3. The molecule has 0 fully saturated rings. The van der Waals surface area contributed by atoms with Crippen molar-refractivity contribution in [3.63, 3.8) is 0 Å². The Bertz CT molecular complexity index is 715. The molecule has 120 valence electrons. The zero-order valence-corrected chi connectivity index (χ0v) is 13.4. The van der Waals surface area contributed by atoms with Crippen molar-refractivity contribution in [1.82, 2.24) is 15.6 Å². The quantitative estimate of drug-likeness (QED) is 0.912. The number of pyridine rings is 1. The average molecular weight is 311 g/mol. The normalized spacial score (nSPS) is 15.7. The maximum absolute atomic E-state index is 12.1. The van der Waals surface area contributed by atoms with Crippen molar-refractivity contribution < 1.29 is 9.53 Å². The number of aryl methyl sites for hydroxylation is 2. The molecule has 5 heteroatoms. The molecule has 23 heavy (non-hydrogen) atoms. The van der Waals surface area contributed by atoms with E-state index in [-0.39, 0.29) is 12.1 Å². The van der Waals surface area contributed by atoms with Crippen LogP contribution in [0.4, 0.5) is 4.79 Å². The number of carbonyl (C=O) groups is 1. The van der Waals surface area contributed by atoms with Crippen LogP contribution in [0.3, 0.4) is 0 Å². The molecule has 0 spiro atoms. The van der Waals surface area contributed by atoms with E-state index in [2.05, 4.69) is 21.7 Å². The summed E-state index contributed by atoms with van der Waals surface area (Å²) in [6.07, 6.45) is 4.40. The standard InChI is InChI=1S/C18H21N3O2/c1-12-3-4-17-15(9-12)16(11-23-17)21-18(22)20-8-6-14-5-7-19-10-13(14)2/h3-5,7,9-10,16H,6,8,11H2,1-2H3,(H2,20,21,22)/t16-/m0/s1. The fourth-order valence-electron chi connectivity index (χ4n) is 2.76. The minimum Gasteiger partial charge on any atom is -0.491 e. The summed E-state index contributed by atoms with van der Waals surface area (Å²) >= 11 is 0. The number of hydrogen-bond acceptors (Lipinski definition) is 3. The van der Waals surface area contributed by atoms with Gasteiger partial charge in [-0.05, 0) is 43.5 Å². The highest BCUT2D eigenvalue weighted by Gasteiger charge is 2.25. The minimum atomic E-state index is -0.167. The summed E-state index contributed by atoms with van der Waals surface area (Å²) < 4.78 is 5.61. The molecule has 0 aliphatic carbocycles. The molecule has 0 radical (unpaired) electrons. The molecular formula is C18H21N3O2. The number of hydrogen-bond donors (Lipinski definition) is 2. The van der Waals surface area contributed by atoms with Crippen LogP contribution in [0.2, 0.25) is 0 Å². The lowest BCUT2D eigenvalue weighted by Crippen LogP contribution is -2.39. The second-order valence-corrected chi connectivity index (χ2v) is 5.86. The van der Waals surface area contributed by atoms with Gasteiger partial charge >= 0.3 is 6.03 Å². The SMILES string of the molecule is Cc1ccc2c(c1)[C@@H](NC(=O)NCCc1ccncc1C)CO2. The van der Waals surface area contributed by atoms with Gasteiger partial charge < -0.3 is 15.4 Å². The van der Waals surface area contributed by atoms with Crippen molar-refractivity contribution in [1.29, 1.82) is 0 Å². The summed E-state index contributed by atoms with van der Waals surface area (Å²) in [7, 11) is 0. The second kappa shape index (κ2) is 6.69. The maximum atomic E-state index is 12.1. The number of carbonyl (C=O) groups excluding carboxylic acids is 1. The zero-order valence-electron chi connectivity index (χ0n) is 13.4. The summed E-state index contributed by atoms with van der Waals surface area (Å²) in [5, 5.41) is 5.88. The topological polar surface area (TPSA) is 63.2 Å². The Morgan fingerprint density at radius 2 is 2.22 bits per heavy atom. The Morgan fingerprint density at radius 1 is 1.35 bits per heavy atom. The molecule has 2 N–H and O–H groups in total. The lowest BCUT2D eigenvalue weighted by molar-refractivity contribution is 0.232. The number of nitrogens with zero attached hydrogens (tertiary/aromatic N) is 1. The highest BCUT2D eigenvalue weighted by Crippen LogP contribution is 2.32. The molecule has 2 amide bonds. The van der Waals surface area contributed by atoms with E-state index in [0.29, 0.717) is 13.2 Å². The van der Waals surface area contributed by atoms with Gasteiger partial charge in [-0.1, -0.05) is 17.7 Å². The molecule has 1 atom stereocenters. The van der Waals surface area contributed by atoms with E-state index in [4.69, 9.17) is 4.74 Å². The monoisotopic (exact) mass is 311 g/mol. The average Bonchev–Trinajstić information content (AvgIpc) is 2.91. The van der Waals surface area contributed by atoms with Crippen molar-refractivity contribution in [3.8, 4) is 5.75 Å². The summed E-state index contributed by atoms with van der Waals surface area (Å²) in [6.45, 7) is 5.13. The first-order valence-electron chi connectivity index (χ1n) is 7.80. The Labute approximate surface area is 136 Å². The molecule has 1 aliphatic heterocycles. The fourth-order valence-corrected chi connectivity index (χ4v) is 2.76. The molecule has 0 unspecified atom stereocenters. The highest BCUT2D eigenvalue weighted by molar-refractivity contribution is 5.74. The number of rotatable bonds is 4. The summed E-state index contributed by atoms with van der Waals surface area (Å²) in [6, 6.07) is 7.76. The smallest absolute Gasteiger partial charge is 0.315 e. The molecular weight excluding hydrogens is 290 g/mol. The van der Waals surface area contributed by atoms with Gasteiger partial charge in [-0.2, -0.15) is 0 Å². The van der Waals surface area contributed by atoms with Gasteiger partial charge in [-0.25, -0.2) is 4.79 Å². The third kappa shape index (κ3) is 3.62. The zero-order chi connectivity index (χ0) is 16.2. The number of amides is 2. The van der Waals surface area contributed by atoms with Gasteiger partial charge in [0.25, 0.3) is 0 Å². The molecule has 0 saturated heterocycles. The predicted molar refractivity (Wildman–Crippen MR) is 88.6 cm³/mol. The number of urea groups is 1. The summed E-state index contributed by atoms with van der Waals surface area (Å²) in [5.41, 5.74) is 4.55. The Hall–Kier alpha value is -2.56. The first-order chi connectivity index (χ1) is 11.1. The number of benzene rings is 1. The van der Waals surface area contributed by atoms with Crippen LogP contribution in [-0.2, 0) is 6.42 Å². The van der Waals surface area contributed by atoms with Gasteiger partial charge in [0, 0.05) is 24.5 Å².